The van der Waals surface area contributed by atoms with Gasteiger partial charge in [0.05, 0.1) is 22.6 Å². The zero-order valence-corrected chi connectivity index (χ0v) is 17.8. The van der Waals surface area contributed by atoms with Gasteiger partial charge in [-0.05, 0) is 48.6 Å². The lowest BCUT2D eigenvalue weighted by molar-refractivity contribution is -0.140. The molecule has 1 aliphatic heterocycles. The fraction of sp³-hybridized carbons (Fsp3) is 0.273. The second-order valence-corrected chi connectivity index (χ2v) is 8.29. The van der Waals surface area contributed by atoms with E-state index in [0.717, 1.165) is 4.88 Å². The molecule has 3 aromatic rings. The van der Waals surface area contributed by atoms with Crippen LogP contribution in [0.25, 0.3) is 0 Å². The number of hydrogen-bond donors (Lipinski definition) is 1. The molecule has 2 amide bonds. The summed E-state index contributed by atoms with van der Waals surface area (Å²) in [6.07, 6.45) is 4.28. The van der Waals surface area contributed by atoms with Gasteiger partial charge in [0.25, 0.3) is 11.8 Å². The molecule has 160 valence electrons. The van der Waals surface area contributed by atoms with Crippen LogP contribution in [-0.4, -0.2) is 45.6 Å². The van der Waals surface area contributed by atoms with Crippen LogP contribution >= 0.6 is 11.3 Å². The van der Waals surface area contributed by atoms with Gasteiger partial charge in [-0.1, -0.05) is 6.07 Å². The van der Waals surface area contributed by atoms with Crippen molar-refractivity contribution in [3.63, 3.8) is 0 Å². The molecule has 0 aliphatic carbocycles. The highest BCUT2D eigenvalue weighted by molar-refractivity contribution is 7.12. The molecule has 1 fully saturated rings. The molecular weight excluding hydrogens is 416 g/mol. The van der Waals surface area contributed by atoms with Gasteiger partial charge in [0.2, 0.25) is 0 Å². The van der Waals surface area contributed by atoms with Crippen molar-refractivity contribution < 1.29 is 19.1 Å². The van der Waals surface area contributed by atoms with Crippen molar-refractivity contribution in [2.75, 3.05) is 18.4 Å². The van der Waals surface area contributed by atoms with Crippen LogP contribution in [0.1, 0.15) is 32.9 Å². The van der Waals surface area contributed by atoms with Crippen LogP contribution in [0, 0.1) is 5.92 Å². The summed E-state index contributed by atoms with van der Waals surface area (Å²) < 4.78 is 7.06. The predicted molar refractivity (Wildman–Crippen MR) is 116 cm³/mol. The minimum absolute atomic E-state index is 0.0192. The molecule has 31 heavy (non-hydrogen) atoms. The SMILES string of the molecule is Cn1cc(C(=O)Nc2ccc(OC(=O)C3CCN(C(=O)c4cccs4)CC3)cc2)cn1. The molecular formula is C22H22N4O4S. The summed E-state index contributed by atoms with van der Waals surface area (Å²) in [6.45, 7) is 1.08. The van der Waals surface area contributed by atoms with Gasteiger partial charge in [-0.2, -0.15) is 5.10 Å². The summed E-state index contributed by atoms with van der Waals surface area (Å²) in [5, 5.41) is 8.63. The van der Waals surface area contributed by atoms with E-state index in [1.807, 2.05) is 17.5 Å². The number of nitrogens with zero attached hydrogens (tertiary/aromatic N) is 3. The number of nitrogens with one attached hydrogen (secondary N) is 1. The number of carbonyl (C=O) groups excluding carboxylic acids is 3. The highest BCUT2D eigenvalue weighted by atomic mass is 32.1. The van der Waals surface area contributed by atoms with Gasteiger partial charge in [0.15, 0.2) is 0 Å². The predicted octanol–water partition coefficient (Wildman–Crippen LogP) is 3.19. The number of hydrogen-bond acceptors (Lipinski definition) is 6. The topological polar surface area (TPSA) is 93.5 Å². The fourth-order valence-electron chi connectivity index (χ4n) is 3.42. The average Bonchev–Trinajstić information content (AvgIpc) is 3.47. The van der Waals surface area contributed by atoms with Crippen molar-refractivity contribution in [1.82, 2.24) is 14.7 Å². The lowest BCUT2D eigenvalue weighted by atomic mass is 9.97. The minimum atomic E-state index is -0.296. The van der Waals surface area contributed by atoms with E-state index in [9.17, 15) is 14.4 Å². The molecule has 1 saturated heterocycles. The van der Waals surface area contributed by atoms with E-state index in [1.165, 1.54) is 17.5 Å². The van der Waals surface area contributed by atoms with Gasteiger partial charge in [0.1, 0.15) is 5.75 Å². The maximum absolute atomic E-state index is 12.5. The molecule has 0 bridgehead atoms. The molecule has 9 heteroatoms. The number of aryl methyl sites for hydroxylation is 1. The summed E-state index contributed by atoms with van der Waals surface area (Å²) in [5.41, 5.74) is 1.05. The highest BCUT2D eigenvalue weighted by Crippen LogP contribution is 2.24. The maximum atomic E-state index is 12.5. The number of benzene rings is 1. The van der Waals surface area contributed by atoms with Crippen LogP contribution in [0.15, 0.2) is 54.2 Å². The molecule has 1 N–H and O–H groups in total. The van der Waals surface area contributed by atoms with Gasteiger partial charge in [-0.25, -0.2) is 0 Å². The van der Waals surface area contributed by atoms with Crippen molar-refractivity contribution in [2.45, 2.75) is 12.8 Å². The number of esters is 1. The first-order valence-corrected chi connectivity index (χ1v) is 10.8. The van der Waals surface area contributed by atoms with Crippen molar-refractivity contribution in [3.8, 4) is 5.75 Å². The molecule has 1 aliphatic rings. The molecule has 0 spiro atoms. The largest absolute Gasteiger partial charge is 0.426 e. The molecule has 1 aromatic carbocycles. The molecule has 0 saturated carbocycles. The van der Waals surface area contributed by atoms with E-state index in [-0.39, 0.29) is 23.7 Å². The van der Waals surface area contributed by atoms with Gasteiger partial charge >= 0.3 is 5.97 Å². The fourth-order valence-corrected chi connectivity index (χ4v) is 4.11. The zero-order chi connectivity index (χ0) is 21.8. The third-order valence-corrected chi connectivity index (χ3v) is 6.00. The maximum Gasteiger partial charge on any atom is 0.314 e. The number of thiophene rings is 1. The summed E-state index contributed by atoms with van der Waals surface area (Å²) in [4.78, 5) is 39.6. The Labute approximate surface area is 183 Å². The Bertz CT molecular complexity index is 1070. The van der Waals surface area contributed by atoms with E-state index in [1.54, 1.807) is 47.1 Å². The van der Waals surface area contributed by atoms with Crippen LogP contribution in [0.4, 0.5) is 5.69 Å². The van der Waals surface area contributed by atoms with Gasteiger partial charge in [-0.15, -0.1) is 11.3 Å². The van der Waals surface area contributed by atoms with E-state index < -0.39 is 0 Å². The second kappa shape index (κ2) is 9.13. The van der Waals surface area contributed by atoms with Crippen molar-refractivity contribution in [1.29, 1.82) is 0 Å². The van der Waals surface area contributed by atoms with Crippen LogP contribution < -0.4 is 10.1 Å². The molecule has 8 nitrogen and oxygen atoms in total. The van der Waals surface area contributed by atoms with E-state index in [2.05, 4.69) is 10.4 Å². The Balaban J connectivity index is 1.27. The number of rotatable bonds is 5. The third kappa shape index (κ3) is 5.00. The van der Waals surface area contributed by atoms with Crippen LogP contribution in [0.5, 0.6) is 5.75 Å². The molecule has 0 unspecified atom stereocenters. The number of ether oxygens (including phenoxy) is 1. The number of piperidine rings is 1. The van der Waals surface area contributed by atoms with Gasteiger partial charge < -0.3 is 15.0 Å². The zero-order valence-electron chi connectivity index (χ0n) is 17.0. The quantitative estimate of drug-likeness (QED) is 0.488. The Kier molecular flexibility index (Phi) is 6.13. The first-order chi connectivity index (χ1) is 15.0. The number of amides is 2. The highest BCUT2D eigenvalue weighted by Gasteiger charge is 2.29. The number of anilines is 1. The number of carbonyl (C=O) groups is 3. The Morgan fingerprint density at radius 3 is 2.48 bits per heavy atom. The molecule has 3 heterocycles. The third-order valence-electron chi connectivity index (χ3n) is 5.15. The van der Waals surface area contributed by atoms with Crippen LogP contribution in [-0.2, 0) is 11.8 Å². The smallest absolute Gasteiger partial charge is 0.314 e. The van der Waals surface area contributed by atoms with Crippen molar-refractivity contribution in [3.05, 3.63) is 64.6 Å². The minimum Gasteiger partial charge on any atom is -0.426 e. The summed E-state index contributed by atoms with van der Waals surface area (Å²) in [6, 6.07) is 10.3. The summed E-state index contributed by atoms with van der Waals surface area (Å²) in [7, 11) is 1.74. The molecule has 0 radical (unpaired) electrons. The lowest BCUT2D eigenvalue weighted by Gasteiger charge is -2.30. The van der Waals surface area contributed by atoms with Crippen molar-refractivity contribution in [2.24, 2.45) is 13.0 Å². The lowest BCUT2D eigenvalue weighted by Crippen LogP contribution is -2.40. The van der Waals surface area contributed by atoms with Crippen LogP contribution in [0.3, 0.4) is 0 Å². The average molecular weight is 439 g/mol. The number of aromatic nitrogens is 2. The first kappa shape index (κ1) is 20.8. The molecule has 2 aromatic heterocycles. The molecule has 4 rings (SSSR count). The van der Waals surface area contributed by atoms with Gasteiger partial charge in [0, 0.05) is 32.0 Å². The van der Waals surface area contributed by atoms with Crippen molar-refractivity contribution >= 4 is 34.8 Å². The normalized spacial score (nSPS) is 14.3. The Morgan fingerprint density at radius 2 is 1.87 bits per heavy atom. The monoisotopic (exact) mass is 438 g/mol. The van der Waals surface area contributed by atoms with Gasteiger partial charge in [-0.3, -0.25) is 19.1 Å². The summed E-state index contributed by atoms with van der Waals surface area (Å²) in [5.74, 6) is -0.360. The number of likely N-dealkylation sites (tertiary alicyclic amines) is 1. The van der Waals surface area contributed by atoms with E-state index in [0.29, 0.717) is 42.9 Å². The first-order valence-electron chi connectivity index (χ1n) is 9.94. The standard InChI is InChI=1S/C22H22N4O4S/c1-25-14-16(13-23-25)20(27)24-17-4-6-18(7-5-17)30-22(29)15-8-10-26(11-9-15)21(28)19-3-2-12-31-19/h2-7,12-15H,8-11H2,1H3,(H,24,27). The van der Waals surface area contributed by atoms with E-state index >= 15 is 0 Å². The Morgan fingerprint density at radius 1 is 1.13 bits per heavy atom. The Hall–Kier alpha value is -3.46. The molecule has 0 atom stereocenters. The van der Waals surface area contributed by atoms with E-state index in [4.69, 9.17) is 4.74 Å². The van der Waals surface area contributed by atoms with Crippen LogP contribution in [0.2, 0.25) is 0 Å². The second-order valence-electron chi connectivity index (χ2n) is 7.35. The summed E-state index contributed by atoms with van der Waals surface area (Å²) >= 11 is 1.42.